The Morgan fingerprint density at radius 2 is 0.932 bits per heavy atom. The van der Waals surface area contributed by atoms with E-state index in [9.17, 15) is 46.0 Å². The molecule has 88 heavy (non-hydrogen) atoms. The third kappa shape index (κ3) is 20.2. The second-order valence-corrected chi connectivity index (χ2v) is 23.8. The molecule has 3 saturated carbocycles. The van der Waals surface area contributed by atoms with E-state index in [2.05, 4.69) is 116 Å². The lowest BCUT2D eigenvalue weighted by Crippen LogP contribution is -2.29. The van der Waals surface area contributed by atoms with Crippen LogP contribution in [0.3, 0.4) is 0 Å². The van der Waals surface area contributed by atoms with Gasteiger partial charge in [0.2, 0.25) is 17.6 Å². The summed E-state index contributed by atoms with van der Waals surface area (Å²) in [7, 11) is 0. The third-order valence-electron chi connectivity index (χ3n) is 14.7. The molecule has 3 atom stereocenters. The molecule has 3 aliphatic carbocycles. The zero-order valence-corrected chi connectivity index (χ0v) is 54.9. The predicted octanol–water partition coefficient (Wildman–Crippen LogP) is 14.4. The first-order chi connectivity index (χ1) is 41.8. The molecular formula is C59H72Br3F6N13O7. The molecule has 0 aromatic carbocycles. The number of nitrogen functional groups attached to an aromatic ring is 1. The normalized spacial score (nSPS) is 15.2. The van der Waals surface area contributed by atoms with Gasteiger partial charge in [0, 0.05) is 66.6 Å². The summed E-state index contributed by atoms with van der Waals surface area (Å²) in [5.41, 5.74) is 9.08. The average Bonchev–Trinajstić information content (AvgIpc) is 3.62. The smallest absolute Gasteiger partial charge is 0.388 e. The van der Waals surface area contributed by atoms with Crippen molar-refractivity contribution in [3.8, 4) is 23.7 Å². The van der Waals surface area contributed by atoms with Crippen LogP contribution in [0, 0.1) is 70.6 Å². The number of aryl methyl sites for hydroxylation is 6. The Hall–Kier alpha value is -6.64. The number of hydrogen-bond acceptors (Lipinski definition) is 17. The Bertz CT molecular complexity index is 3570. The number of nitrogens with one attached hydrogen (secondary N) is 2. The minimum absolute atomic E-state index is 0.00461. The van der Waals surface area contributed by atoms with Crippen LogP contribution < -0.4 is 47.3 Å². The van der Waals surface area contributed by atoms with E-state index in [-0.39, 0.29) is 63.7 Å². The molecular weight excluding hydrogens is 1360 g/mol. The maximum Gasteiger partial charge on any atom is 0.388 e. The van der Waals surface area contributed by atoms with Crippen LogP contribution in [0.15, 0.2) is 65.0 Å². The van der Waals surface area contributed by atoms with E-state index >= 15 is 0 Å². The zero-order chi connectivity index (χ0) is 64.7. The molecule has 4 fully saturated rings. The lowest BCUT2D eigenvalue weighted by Gasteiger charge is -2.19. The number of nitrogens with zero attached hydrogens (tertiary/aromatic N) is 10. The van der Waals surface area contributed by atoms with E-state index in [4.69, 9.17) is 10.5 Å². The summed E-state index contributed by atoms with van der Waals surface area (Å²) in [5.74, 6) is 1.42. The Kier molecular flexibility index (Phi) is 26.2. The second-order valence-electron chi connectivity index (χ2n) is 21.4. The summed E-state index contributed by atoms with van der Waals surface area (Å²) < 4.78 is 98.2. The summed E-state index contributed by atoms with van der Waals surface area (Å²) >= 11 is 9.87. The van der Waals surface area contributed by atoms with Gasteiger partial charge in [0.15, 0.2) is 21.9 Å². The largest absolute Gasteiger partial charge is 0.417 e. The van der Waals surface area contributed by atoms with Crippen LogP contribution >= 0.6 is 47.8 Å². The lowest BCUT2D eigenvalue weighted by molar-refractivity contribution is -0.0540. The summed E-state index contributed by atoms with van der Waals surface area (Å²) in [5, 5.41) is 15.2. The van der Waals surface area contributed by atoms with Gasteiger partial charge < -0.3 is 49.0 Å². The monoisotopic (exact) mass is 1430 g/mol. The van der Waals surface area contributed by atoms with Crippen molar-refractivity contribution in [2.24, 2.45) is 17.8 Å². The number of nitrogens with two attached hydrogens (primary N) is 1. The first kappa shape index (κ1) is 70.4. The van der Waals surface area contributed by atoms with E-state index in [1.807, 2.05) is 13.0 Å². The highest BCUT2D eigenvalue weighted by Gasteiger charge is 2.35. The molecule has 0 radical (unpaired) electrons. The molecule has 1 aliphatic heterocycles. The molecule has 7 heterocycles. The van der Waals surface area contributed by atoms with Crippen molar-refractivity contribution in [1.82, 2.24) is 43.6 Å². The molecule has 10 rings (SSSR count). The third-order valence-corrected chi connectivity index (χ3v) is 16.0. The van der Waals surface area contributed by atoms with E-state index in [0.717, 1.165) is 58.2 Å². The van der Waals surface area contributed by atoms with Gasteiger partial charge >= 0.3 is 19.8 Å². The number of pyridine rings is 3. The number of ether oxygens (including phenoxy) is 4. The van der Waals surface area contributed by atoms with E-state index in [1.54, 1.807) is 85.8 Å². The van der Waals surface area contributed by atoms with Crippen molar-refractivity contribution in [2.75, 3.05) is 29.6 Å². The molecule has 4 aliphatic rings. The minimum Gasteiger partial charge on any atom is -0.417 e. The first-order valence-electron chi connectivity index (χ1n) is 28.7. The van der Waals surface area contributed by atoms with Crippen LogP contribution in [0.5, 0.6) is 17.6 Å². The van der Waals surface area contributed by atoms with Crippen molar-refractivity contribution >= 4 is 76.5 Å². The summed E-state index contributed by atoms with van der Waals surface area (Å²) in [6.07, 6.45) is 17.0. The molecule has 0 spiro atoms. The Balaban J connectivity index is 0.000000190. The first-order valence-corrected chi connectivity index (χ1v) is 31.1. The molecule has 0 bridgehead atoms. The van der Waals surface area contributed by atoms with Crippen LogP contribution in [-0.2, 0) is 4.74 Å². The van der Waals surface area contributed by atoms with Crippen molar-refractivity contribution in [1.29, 1.82) is 5.26 Å². The molecule has 1 saturated heterocycles. The summed E-state index contributed by atoms with van der Waals surface area (Å²) in [6.45, 7) is 9.11. The van der Waals surface area contributed by atoms with Gasteiger partial charge in [-0.15, -0.1) is 0 Å². The van der Waals surface area contributed by atoms with Crippen LogP contribution in [0.4, 0.5) is 55.0 Å². The molecule has 4 N–H and O–H groups in total. The molecule has 0 amide bonds. The quantitative estimate of drug-likeness (QED) is 0.0637. The fourth-order valence-electron chi connectivity index (χ4n) is 9.81. The van der Waals surface area contributed by atoms with Gasteiger partial charge in [-0.2, -0.15) is 31.6 Å². The maximum absolute atomic E-state index is 13.0. The highest BCUT2D eigenvalue weighted by atomic mass is 79.9. The standard InChI is InChI=1S/C19H21F2N5O2.C18H21BrF2N4O2.C10H12Br2N2O.C8H10F2N2O.C4H8O/c1-4-15(12-5-6-12)26-9-13(8-22)24-16(18(26)27)25-14-7-10(2)17(23-11(14)3)28-19(20)21;1-4-13(11-5-6-11)25-8-14(19)24-15(17(25)26)23-12-7-9(2)16(22-10(12)3)27-18(20)21;1-2-7(6-3-4-6)14-5-8(11)13-9(12)10(14)15;1-4-3-6(11)5(2)12-7(4)13-8(9)10;1-2-4-5-3-1/h7,9,12,15,19H,4-6H2,1-3H3,(H,24,25);7-8,11,13,18H,4-6H2,1-3H3,(H,23,24);5-7H,2-4H2,1H3;3,8H,11H2,1-2H3;1-4H2/t15-;13-;7-;;/m111../s1. The minimum atomic E-state index is -2.97. The SMILES string of the molecule is C1CCOC1.CC[C@H](C1CC1)n1cc(Br)nc(Br)c1=O.CC[C@H](C1CC1)n1cc(Br)nc(Nc2cc(C)c(OC(F)F)nc2C)c1=O.CC[C@H](C1CC1)n1cc(C#N)nc(Nc2cc(C)c(OC(F)F)nc2C)c1=O.Cc1cc(N)c(C)nc1OC(F)F. The molecule has 29 heteroatoms. The molecule has 478 valence electrons. The van der Waals surface area contributed by atoms with Crippen molar-refractivity contribution in [3.05, 3.63) is 121 Å². The van der Waals surface area contributed by atoms with Gasteiger partial charge in [-0.05, 0) is 196 Å². The Morgan fingerprint density at radius 1 is 0.568 bits per heavy atom. The molecule has 0 unspecified atom stereocenters. The number of anilines is 5. The van der Waals surface area contributed by atoms with Gasteiger partial charge in [-0.3, -0.25) is 14.4 Å². The Morgan fingerprint density at radius 3 is 1.30 bits per heavy atom. The molecule has 6 aromatic heterocycles. The van der Waals surface area contributed by atoms with Gasteiger partial charge in [0.05, 0.1) is 34.1 Å². The number of rotatable bonds is 19. The van der Waals surface area contributed by atoms with Crippen LogP contribution in [0.1, 0.15) is 149 Å². The number of aromatic nitrogens is 9. The fourth-order valence-corrected chi connectivity index (χ4v) is 11.2. The van der Waals surface area contributed by atoms with E-state index in [0.29, 0.717) is 88.4 Å². The second kappa shape index (κ2) is 32.7. The number of hydrogen-bond donors (Lipinski definition) is 3. The maximum atomic E-state index is 13.0. The topological polar surface area (TPSA) is 254 Å². The van der Waals surface area contributed by atoms with Crippen LogP contribution in [0.2, 0.25) is 0 Å². The number of nitriles is 1. The molecule has 6 aromatic rings. The summed E-state index contributed by atoms with van der Waals surface area (Å²) in [4.78, 5) is 62.1. The van der Waals surface area contributed by atoms with E-state index in [1.165, 1.54) is 31.9 Å². The lowest BCUT2D eigenvalue weighted by atomic mass is 10.1. The van der Waals surface area contributed by atoms with Gasteiger partial charge in [-0.1, -0.05) is 20.8 Å². The zero-order valence-electron chi connectivity index (χ0n) is 50.2. The predicted molar refractivity (Wildman–Crippen MR) is 332 cm³/mol. The van der Waals surface area contributed by atoms with Crippen molar-refractivity contribution in [3.63, 3.8) is 0 Å². The Labute approximate surface area is 530 Å². The fraction of sp³-hybridized carbons (Fsp3) is 0.525. The molecule has 20 nitrogen and oxygen atoms in total. The van der Waals surface area contributed by atoms with Gasteiger partial charge in [0.1, 0.15) is 15.3 Å². The summed E-state index contributed by atoms with van der Waals surface area (Å²) in [6, 6.07) is 7.20. The van der Waals surface area contributed by atoms with E-state index < -0.39 is 19.8 Å². The van der Waals surface area contributed by atoms with Crippen LogP contribution in [-0.4, -0.2) is 76.7 Å². The number of alkyl halides is 6. The van der Waals surface area contributed by atoms with Gasteiger partial charge in [-0.25, -0.2) is 29.9 Å². The number of halogens is 9. The average molecular weight is 1430 g/mol. The highest BCUT2D eigenvalue weighted by molar-refractivity contribution is 9.11. The van der Waals surface area contributed by atoms with Gasteiger partial charge in [0.25, 0.3) is 16.7 Å². The highest BCUT2D eigenvalue weighted by Crippen LogP contribution is 2.43. The van der Waals surface area contributed by atoms with Crippen LogP contribution in [0.25, 0.3) is 0 Å². The van der Waals surface area contributed by atoms with Crippen molar-refractivity contribution < 1.29 is 45.3 Å². The van der Waals surface area contributed by atoms with Crippen molar-refractivity contribution in [2.45, 2.75) is 171 Å².